The molecule has 1 N–H and O–H groups in total. The van der Waals surface area contributed by atoms with Crippen LogP contribution in [0.2, 0.25) is 0 Å². The van der Waals surface area contributed by atoms with Gasteiger partial charge in [-0.15, -0.1) is 0 Å². The van der Waals surface area contributed by atoms with Crippen LogP contribution in [0.5, 0.6) is 5.75 Å². The summed E-state index contributed by atoms with van der Waals surface area (Å²) in [6.07, 6.45) is 3.52. The first-order chi connectivity index (χ1) is 12.5. The van der Waals surface area contributed by atoms with Crippen LogP contribution in [0.25, 0.3) is 5.52 Å². The van der Waals surface area contributed by atoms with Crippen molar-refractivity contribution in [3.05, 3.63) is 60.4 Å². The average Bonchev–Trinajstić information content (AvgIpc) is 3.03. The number of alkyl halides is 2. The van der Waals surface area contributed by atoms with Gasteiger partial charge in [0, 0.05) is 11.8 Å². The number of halogens is 2. The van der Waals surface area contributed by atoms with Crippen molar-refractivity contribution in [3.8, 4) is 5.75 Å². The van der Waals surface area contributed by atoms with Crippen molar-refractivity contribution in [1.29, 1.82) is 0 Å². The predicted molar refractivity (Wildman–Crippen MR) is 91.5 cm³/mol. The number of pyridine rings is 1. The number of carbonyl (C=O) groups excluding carboxylic acids is 2. The number of benzene rings is 1. The number of nitrogens with one attached hydrogen (secondary N) is 1. The minimum atomic E-state index is -2.94. The Labute approximate surface area is 151 Å². The number of amides is 2. The molecule has 2 amide bonds. The summed E-state index contributed by atoms with van der Waals surface area (Å²) in [5.41, 5.74) is 1.06. The van der Waals surface area contributed by atoms with Crippen molar-refractivity contribution in [2.24, 2.45) is 0 Å². The van der Waals surface area contributed by atoms with Crippen LogP contribution < -0.4 is 10.1 Å². The Kier molecular flexibility index (Phi) is 5.47. The van der Waals surface area contributed by atoms with Gasteiger partial charge in [0.05, 0.1) is 17.5 Å². The van der Waals surface area contributed by atoms with E-state index in [0.717, 1.165) is 5.52 Å². The Hall–Kier alpha value is -2.94. The van der Waals surface area contributed by atoms with E-state index in [0.29, 0.717) is 5.16 Å². The number of nitrogens with zero attached hydrogens (tertiary/aromatic N) is 2. The van der Waals surface area contributed by atoms with Crippen LogP contribution in [-0.2, 0) is 4.79 Å². The molecule has 6 nitrogen and oxygen atoms in total. The molecule has 0 saturated heterocycles. The molecular formula is C17H13F2N3O3S. The molecule has 0 atom stereocenters. The molecule has 0 aliphatic carbocycles. The van der Waals surface area contributed by atoms with Gasteiger partial charge in [-0.2, -0.15) is 8.78 Å². The van der Waals surface area contributed by atoms with Crippen molar-refractivity contribution < 1.29 is 23.1 Å². The van der Waals surface area contributed by atoms with Crippen LogP contribution >= 0.6 is 11.8 Å². The summed E-state index contributed by atoms with van der Waals surface area (Å²) < 4.78 is 30.2. The monoisotopic (exact) mass is 377 g/mol. The Morgan fingerprint density at radius 2 is 1.96 bits per heavy atom. The average molecular weight is 377 g/mol. The standard InChI is InChI=1S/C17H13F2N3O3S/c18-16(19)25-13-6-4-11(5-7-13)15(24)21-14(23)10-26-17-20-9-12-3-1-2-8-22(12)17/h1-9,16H,10H2,(H,21,23,24). The maximum Gasteiger partial charge on any atom is 0.387 e. The first-order valence-electron chi connectivity index (χ1n) is 7.47. The van der Waals surface area contributed by atoms with Crippen molar-refractivity contribution in [1.82, 2.24) is 14.7 Å². The maximum absolute atomic E-state index is 12.1. The number of ether oxygens (including phenoxy) is 1. The smallest absolute Gasteiger partial charge is 0.387 e. The highest BCUT2D eigenvalue weighted by atomic mass is 32.2. The van der Waals surface area contributed by atoms with Gasteiger partial charge in [0.15, 0.2) is 5.16 Å². The van der Waals surface area contributed by atoms with Crippen LogP contribution in [0, 0.1) is 0 Å². The van der Waals surface area contributed by atoms with Gasteiger partial charge in [-0.05, 0) is 36.4 Å². The van der Waals surface area contributed by atoms with Crippen molar-refractivity contribution in [3.63, 3.8) is 0 Å². The van der Waals surface area contributed by atoms with Crippen LogP contribution in [-0.4, -0.2) is 33.6 Å². The molecule has 9 heteroatoms. The zero-order chi connectivity index (χ0) is 18.5. The van der Waals surface area contributed by atoms with Gasteiger partial charge in [-0.25, -0.2) is 4.98 Å². The molecule has 2 aromatic heterocycles. The second kappa shape index (κ2) is 7.96. The van der Waals surface area contributed by atoms with Gasteiger partial charge in [0.2, 0.25) is 5.91 Å². The van der Waals surface area contributed by atoms with Crippen LogP contribution in [0.15, 0.2) is 60.0 Å². The fraction of sp³-hybridized carbons (Fsp3) is 0.118. The number of fused-ring (bicyclic) bond motifs is 1. The SMILES string of the molecule is O=C(CSc1ncc2ccccn12)NC(=O)c1ccc(OC(F)F)cc1. The molecule has 0 spiro atoms. The summed E-state index contributed by atoms with van der Waals surface area (Å²) in [4.78, 5) is 28.2. The molecule has 0 aliphatic rings. The zero-order valence-corrected chi connectivity index (χ0v) is 14.1. The van der Waals surface area contributed by atoms with E-state index < -0.39 is 18.4 Å². The molecular weight excluding hydrogens is 364 g/mol. The number of carbonyl (C=O) groups is 2. The van der Waals surface area contributed by atoms with E-state index >= 15 is 0 Å². The van der Waals surface area contributed by atoms with E-state index in [1.807, 2.05) is 28.8 Å². The first kappa shape index (κ1) is 17.9. The second-order valence-electron chi connectivity index (χ2n) is 5.11. The van der Waals surface area contributed by atoms with E-state index in [-0.39, 0.29) is 17.1 Å². The number of imide groups is 1. The summed E-state index contributed by atoms with van der Waals surface area (Å²) in [5.74, 6) is -1.16. The number of hydrogen-bond acceptors (Lipinski definition) is 5. The summed E-state index contributed by atoms with van der Waals surface area (Å²) in [6, 6.07) is 10.7. The number of rotatable bonds is 6. The first-order valence-corrected chi connectivity index (χ1v) is 8.45. The topological polar surface area (TPSA) is 72.7 Å². The minimum Gasteiger partial charge on any atom is -0.435 e. The Morgan fingerprint density at radius 3 is 2.69 bits per heavy atom. The van der Waals surface area contributed by atoms with E-state index in [4.69, 9.17) is 0 Å². The van der Waals surface area contributed by atoms with Gasteiger partial charge >= 0.3 is 6.61 Å². The third kappa shape index (κ3) is 4.37. The summed E-state index contributed by atoms with van der Waals surface area (Å²) >= 11 is 1.20. The molecule has 0 unspecified atom stereocenters. The van der Waals surface area contributed by atoms with Crippen molar-refractivity contribution in [2.75, 3.05) is 5.75 Å². The van der Waals surface area contributed by atoms with Gasteiger partial charge < -0.3 is 4.74 Å². The highest BCUT2D eigenvalue weighted by Crippen LogP contribution is 2.18. The molecule has 0 fully saturated rings. The molecule has 0 saturated carbocycles. The fourth-order valence-electron chi connectivity index (χ4n) is 2.18. The Balaban J connectivity index is 1.55. The molecule has 0 bridgehead atoms. The van der Waals surface area contributed by atoms with E-state index in [1.54, 1.807) is 6.20 Å². The third-order valence-electron chi connectivity index (χ3n) is 3.33. The van der Waals surface area contributed by atoms with Crippen molar-refractivity contribution >= 4 is 29.1 Å². The highest BCUT2D eigenvalue weighted by molar-refractivity contribution is 7.99. The summed E-state index contributed by atoms with van der Waals surface area (Å²) in [5, 5.41) is 2.88. The number of thioether (sulfide) groups is 1. The normalized spacial score (nSPS) is 10.9. The predicted octanol–water partition coefficient (Wildman–Crippen LogP) is 2.98. The molecule has 1 aromatic carbocycles. The van der Waals surface area contributed by atoms with Crippen LogP contribution in [0.3, 0.4) is 0 Å². The molecule has 2 heterocycles. The van der Waals surface area contributed by atoms with Crippen LogP contribution in [0.1, 0.15) is 10.4 Å². The molecule has 3 aromatic rings. The fourth-order valence-corrected chi connectivity index (χ4v) is 2.94. The largest absolute Gasteiger partial charge is 0.435 e. The Morgan fingerprint density at radius 1 is 1.19 bits per heavy atom. The van der Waals surface area contributed by atoms with E-state index in [9.17, 15) is 18.4 Å². The van der Waals surface area contributed by atoms with Crippen LogP contribution in [0.4, 0.5) is 8.78 Å². The molecule has 0 aliphatic heterocycles. The molecule has 3 rings (SSSR count). The van der Waals surface area contributed by atoms with Gasteiger partial charge in [-0.1, -0.05) is 17.8 Å². The van der Waals surface area contributed by atoms with Gasteiger partial charge in [0.1, 0.15) is 5.75 Å². The molecule has 0 radical (unpaired) electrons. The lowest BCUT2D eigenvalue weighted by molar-refractivity contribution is -0.117. The van der Waals surface area contributed by atoms with E-state index in [2.05, 4.69) is 15.0 Å². The number of aromatic nitrogens is 2. The maximum atomic E-state index is 12.1. The lowest BCUT2D eigenvalue weighted by atomic mass is 10.2. The molecule has 26 heavy (non-hydrogen) atoms. The summed E-state index contributed by atoms with van der Waals surface area (Å²) in [6.45, 7) is -2.94. The Bertz CT molecular complexity index is 928. The van der Waals surface area contributed by atoms with E-state index in [1.165, 1.54) is 36.0 Å². The number of hydrogen-bond donors (Lipinski definition) is 1. The lowest BCUT2D eigenvalue weighted by Gasteiger charge is -2.06. The lowest BCUT2D eigenvalue weighted by Crippen LogP contribution is -2.31. The van der Waals surface area contributed by atoms with Gasteiger partial charge in [0.25, 0.3) is 5.91 Å². The highest BCUT2D eigenvalue weighted by Gasteiger charge is 2.13. The quantitative estimate of drug-likeness (QED) is 0.669. The third-order valence-corrected chi connectivity index (χ3v) is 4.30. The number of imidazole rings is 1. The minimum absolute atomic E-state index is 0.00627. The summed E-state index contributed by atoms with van der Waals surface area (Å²) in [7, 11) is 0. The zero-order valence-electron chi connectivity index (χ0n) is 13.3. The van der Waals surface area contributed by atoms with Crippen molar-refractivity contribution in [2.45, 2.75) is 11.8 Å². The van der Waals surface area contributed by atoms with Gasteiger partial charge in [-0.3, -0.25) is 19.3 Å². The second-order valence-corrected chi connectivity index (χ2v) is 6.05. The molecule has 134 valence electrons.